The molecule has 0 radical (unpaired) electrons. The lowest BCUT2D eigenvalue weighted by molar-refractivity contribution is 0.316. The van der Waals surface area contributed by atoms with E-state index in [0.717, 1.165) is 18.8 Å². The maximum absolute atomic E-state index is 5.31. The van der Waals surface area contributed by atoms with Gasteiger partial charge in [0.15, 0.2) is 0 Å². The molecule has 0 aromatic heterocycles. The Balaban J connectivity index is 2.39. The lowest BCUT2D eigenvalue weighted by Gasteiger charge is -2.24. The van der Waals surface area contributed by atoms with Crippen LogP contribution in [0.3, 0.4) is 0 Å². The summed E-state index contributed by atoms with van der Waals surface area (Å²) in [6, 6.07) is 0. The molecule has 0 aromatic carbocycles. The topological polar surface area (TPSA) is 24.8 Å². The fraction of sp³-hybridized carbons (Fsp3) is 0.625. The maximum Gasteiger partial charge on any atom is 0.0955 e. The van der Waals surface area contributed by atoms with Crippen LogP contribution < -0.4 is 0 Å². The number of hydrogen-bond donors (Lipinski definition) is 0. The van der Waals surface area contributed by atoms with Crippen LogP contribution in [0.15, 0.2) is 17.8 Å². The molecule has 0 amide bonds. The Hall–Kier alpha value is 0.680. The van der Waals surface area contributed by atoms with Gasteiger partial charge >= 0.3 is 0 Å². The van der Waals surface area contributed by atoms with E-state index in [-0.39, 0.29) is 0 Å². The zero-order valence-electron chi connectivity index (χ0n) is 7.91. The standard InChI is InChI=1S/C8H14IN2OPS/c1-2-8(7-12-13-9)10-11-3-5-14-6-4-11/h2,13H,1,3-7H2/b10-8+. The first-order valence-corrected chi connectivity index (χ1v) is 9.54. The van der Waals surface area contributed by atoms with E-state index >= 15 is 0 Å². The molecular formula is C8H14IN2OPS. The average Bonchev–Trinajstić information content (AvgIpc) is 2.25. The number of halogens is 1. The Labute approximate surface area is 104 Å². The Bertz CT molecular complexity index is 210. The van der Waals surface area contributed by atoms with Crippen molar-refractivity contribution in [2.45, 2.75) is 0 Å². The summed E-state index contributed by atoms with van der Waals surface area (Å²) in [6.07, 6.45) is 1.78. The van der Waals surface area contributed by atoms with Crippen molar-refractivity contribution in [1.82, 2.24) is 5.01 Å². The number of hydrazone groups is 1. The van der Waals surface area contributed by atoms with Crippen molar-refractivity contribution in [3.05, 3.63) is 12.7 Å². The Morgan fingerprint density at radius 1 is 1.64 bits per heavy atom. The van der Waals surface area contributed by atoms with Crippen molar-refractivity contribution in [2.75, 3.05) is 31.2 Å². The highest BCUT2D eigenvalue weighted by atomic mass is 127. The first-order valence-electron chi connectivity index (χ1n) is 4.37. The summed E-state index contributed by atoms with van der Waals surface area (Å²) in [5.74, 6) is 2.34. The maximum atomic E-state index is 5.31. The first kappa shape index (κ1) is 12.7. The van der Waals surface area contributed by atoms with Gasteiger partial charge in [-0.3, -0.25) is 5.01 Å². The molecule has 1 saturated heterocycles. The third-order valence-electron chi connectivity index (χ3n) is 1.77. The van der Waals surface area contributed by atoms with Gasteiger partial charge in [-0.2, -0.15) is 16.9 Å². The van der Waals surface area contributed by atoms with Gasteiger partial charge in [0.05, 0.1) is 18.8 Å². The minimum Gasteiger partial charge on any atom is -0.345 e. The van der Waals surface area contributed by atoms with Gasteiger partial charge < -0.3 is 4.52 Å². The van der Waals surface area contributed by atoms with Crippen LogP contribution in [0.1, 0.15) is 0 Å². The molecule has 6 heteroatoms. The van der Waals surface area contributed by atoms with Crippen molar-refractivity contribution in [3.8, 4) is 0 Å². The van der Waals surface area contributed by atoms with Crippen molar-refractivity contribution in [1.29, 1.82) is 0 Å². The fourth-order valence-electron chi connectivity index (χ4n) is 1.07. The molecule has 14 heavy (non-hydrogen) atoms. The van der Waals surface area contributed by atoms with Gasteiger partial charge in [-0.05, 0) is 28.1 Å². The van der Waals surface area contributed by atoms with Gasteiger partial charge in [0.25, 0.3) is 0 Å². The smallest absolute Gasteiger partial charge is 0.0955 e. The van der Waals surface area contributed by atoms with E-state index in [0.29, 0.717) is 13.1 Å². The highest BCUT2D eigenvalue weighted by Gasteiger charge is 2.08. The highest BCUT2D eigenvalue weighted by Crippen LogP contribution is 2.21. The van der Waals surface area contributed by atoms with Gasteiger partial charge in [0.1, 0.15) is 0 Å². The van der Waals surface area contributed by atoms with Crippen LogP contribution in [0.2, 0.25) is 0 Å². The SMILES string of the molecule is C=C/C(COPI)=N\N1CCSCC1. The molecule has 0 spiro atoms. The lowest BCUT2D eigenvalue weighted by Crippen LogP contribution is -2.29. The number of rotatable bonds is 5. The Kier molecular flexibility index (Phi) is 7.20. The molecule has 0 aliphatic carbocycles. The van der Waals surface area contributed by atoms with E-state index in [9.17, 15) is 0 Å². The Morgan fingerprint density at radius 3 is 2.93 bits per heavy atom. The van der Waals surface area contributed by atoms with Gasteiger partial charge in [-0.25, -0.2) is 0 Å². The second-order valence-electron chi connectivity index (χ2n) is 2.73. The van der Waals surface area contributed by atoms with Crippen LogP contribution in [0.25, 0.3) is 0 Å². The molecule has 1 fully saturated rings. The van der Waals surface area contributed by atoms with Gasteiger partial charge in [0, 0.05) is 24.6 Å². The molecule has 0 aromatic rings. The summed E-state index contributed by atoms with van der Waals surface area (Å²) in [7, 11) is 0. The predicted octanol–water partition coefficient (Wildman–Crippen LogP) is 2.54. The summed E-state index contributed by atoms with van der Waals surface area (Å²) < 4.78 is 5.31. The molecule has 80 valence electrons. The summed E-state index contributed by atoms with van der Waals surface area (Å²) in [5, 5.41) is 6.59. The fourth-order valence-corrected chi connectivity index (χ4v) is 2.62. The molecular weight excluding hydrogens is 330 g/mol. The molecule has 0 bridgehead atoms. The molecule has 1 aliphatic heterocycles. The number of thioether (sulfide) groups is 1. The van der Waals surface area contributed by atoms with Crippen LogP contribution in [-0.4, -0.2) is 41.9 Å². The summed E-state index contributed by atoms with van der Waals surface area (Å²) in [5.41, 5.74) is 0.932. The minimum absolute atomic E-state index is 0.485. The first-order chi connectivity index (χ1) is 6.86. The normalized spacial score (nSPS) is 19.2. The van der Waals surface area contributed by atoms with E-state index in [2.05, 4.69) is 38.7 Å². The Morgan fingerprint density at radius 2 is 2.36 bits per heavy atom. The number of hydrogen-bond acceptors (Lipinski definition) is 4. The van der Waals surface area contributed by atoms with Crippen LogP contribution in [0.4, 0.5) is 0 Å². The van der Waals surface area contributed by atoms with Crippen molar-refractivity contribution in [2.24, 2.45) is 5.10 Å². The van der Waals surface area contributed by atoms with Crippen molar-refractivity contribution >= 4 is 46.0 Å². The predicted molar refractivity (Wildman–Crippen MR) is 74.8 cm³/mol. The highest BCUT2D eigenvalue weighted by molar-refractivity contribution is 14.2. The molecule has 1 atom stereocenters. The molecule has 0 N–H and O–H groups in total. The monoisotopic (exact) mass is 344 g/mol. The van der Waals surface area contributed by atoms with Gasteiger partial charge in [0.2, 0.25) is 0 Å². The van der Waals surface area contributed by atoms with E-state index in [4.69, 9.17) is 4.52 Å². The van der Waals surface area contributed by atoms with E-state index in [1.54, 1.807) is 6.08 Å². The third-order valence-corrected chi connectivity index (χ3v) is 3.90. The molecule has 3 nitrogen and oxygen atoms in total. The molecule has 1 rings (SSSR count). The summed E-state index contributed by atoms with van der Waals surface area (Å²) in [6.45, 7) is 6.87. The minimum atomic E-state index is 0.485. The van der Waals surface area contributed by atoms with E-state index < -0.39 is 0 Å². The van der Waals surface area contributed by atoms with Crippen molar-refractivity contribution in [3.63, 3.8) is 0 Å². The van der Waals surface area contributed by atoms with E-state index in [1.807, 2.05) is 11.8 Å². The zero-order chi connectivity index (χ0) is 10.2. The van der Waals surface area contributed by atoms with E-state index in [1.165, 1.54) is 11.5 Å². The second-order valence-corrected chi connectivity index (χ2v) is 5.72. The molecule has 1 heterocycles. The summed E-state index contributed by atoms with van der Waals surface area (Å²) >= 11 is 4.19. The molecule has 1 aliphatic rings. The van der Waals surface area contributed by atoms with Crippen LogP contribution in [0.5, 0.6) is 0 Å². The van der Waals surface area contributed by atoms with Crippen molar-refractivity contribution < 1.29 is 4.52 Å². The molecule has 0 saturated carbocycles. The second kappa shape index (κ2) is 7.91. The van der Waals surface area contributed by atoms with Crippen LogP contribution in [-0.2, 0) is 4.52 Å². The average molecular weight is 344 g/mol. The lowest BCUT2D eigenvalue weighted by atomic mass is 10.4. The van der Waals surface area contributed by atoms with Gasteiger partial charge in [-0.15, -0.1) is 0 Å². The summed E-state index contributed by atoms with van der Waals surface area (Å²) in [4.78, 5) is 0. The largest absolute Gasteiger partial charge is 0.345 e. The van der Waals surface area contributed by atoms with Crippen LogP contribution in [0, 0.1) is 0 Å². The quantitative estimate of drug-likeness (QED) is 0.435. The third kappa shape index (κ3) is 4.96. The zero-order valence-corrected chi connectivity index (χ0v) is 11.9. The molecule has 1 unspecified atom stereocenters. The van der Waals surface area contributed by atoms with Crippen LogP contribution >= 0.6 is 40.3 Å². The number of nitrogens with zero attached hydrogens (tertiary/aromatic N) is 2. The van der Waals surface area contributed by atoms with Gasteiger partial charge in [-0.1, -0.05) is 6.58 Å².